The van der Waals surface area contributed by atoms with Crippen LogP contribution in [0.3, 0.4) is 0 Å². The lowest BCUT2D eigenvalue weighted by Gasteiger charge is -2.03. The highest BCUT2D eigenvalue weighted by atomic mass is 32.0. The predicted octanol–water partition coefficient (Wildman–Crippen LogP) is 2.84. The smallest absolute Gasteiger partial charge is 0.161 e. The second-order valence-corrected chi connectivity index (χ2v) is 4.10. The molecule has 0 radical (unpaired) electrons. The molecule has 1 aromatic carbocycles. The van der Waals surface area contributed by atoms with Gasteiger partial charge in [-0.05, 0) is 17.7 Å². The van der Waals surface area contributed by atoms with Crippen LogP contribution in [0.25, 0.3) is 6.08 Å². The Balaban J connectivity index is 2.92. The Hall–Kier alpha value is -0.580. The SMILES string of the molecule is COc1cc(/C=C/PP)ccc1O. The fourth-order valence-electron chi connectivity index (χ4n) is 0.942. The molecule has 1 rings (SSSR count). The summed E-state index contributed by atoms with van der Waals surface area (Å²) in [6, 6.07) is 5.28. The van der Waals surface area contributed by atoms with Crippen LogP contribution in [0.5, 0.6) is 11.5 Å². The standard InChI is InChI=1S/C9H12O2P2/c1-11-9-6-7(4-5-13-12)2-3-8(9)10/h2-6,10,13H,12H2,1H3/b5-4+. The molecule has 2 nitrogen and oxygen atoms in total. The molecule has 0 saturated carbocycles. The number of hydrogen-bond acceptors (Lipinski definition) is 2. The monoisotopic (exact) mass is 214 g/mol. The van der Waals surface area contributed by atoms with Gasteiger partial charge in [-0.25, -0.2) is 0 Å². The molecule has 0 aromatic heterocycles. The van der Waals surface area contributed by atoms with Crippen LogP contribution in [0, 0.1) is 0 Å². The van der Waals surface area contributed by atoms with Crippen LogP contribution in [-0.4, -0.2) is 12.2 Å². The quantitative estimate of drug-likeness (QED) is 0.784. The van der Waals surface area contributed by atoms with Crippen LogP contribution in [0.4, 0.5) is 0 Å². The fraction of sp³-hybridized carbons (Fsp3) is 0.111. The van der Waals surface area contributed by atoms with Gasteiger partial charge in [-0.15, -0.1) is 8.93 Å². The molecule has 1 N–H and O–H groups in total. The Kier molecular flexibility index (Phi) is 4.21. The van der Waals surface area contributed by atoms with E-state index in [4.69, 9.17) is 4.74 Å². The van der Waals surface area contributed by atoms with E-state index in [-0.39, 0.29) is 5.75 Å². The molecule has 2 unspecified atom stereocenters. The van der Waals surface area contributed by atoms with Crippen LogP contribution >= 0.6 is 17.2 Å². The maximum atomic E-state index is 9.31. The van der Waals surface area contributed by atoms with E-state index in [0.29, 0.717) is 14.0 Å². The van der Waals surface area contributed by atoms with Gasteiger partial charge in [0.1, 0.15) is 0 Å². The summed E-state index contributed by atoms with van der Waals surface area (Å²) in [5.41, 5.74) is 1.03. The molecule has 4 heteroatoms. The van der Waals surface area contributed by atoms with Crippen LogP contribution in [0.2, 0.25) is 0 Å². The molecule has 70 valence electrons. The molecule has 0 heterocycles. The Labute approximate surface area is 81.9 Å². The first-order valence-electron chi connectivity index (χ1n) is 3.77. The van der Waals surface area contributed by atoms with Crippen molar-refractivity contribution in [3.63, 3.8) is 0 Å². The second kappa shape index (κ2) is 5.21. The van der Waals surface area contributed by atoms with E-state index >= 15 is 0 Å². The van der Waals surface area contributed by atoms with Gasteiger partial charge in [0.05, 0.1) is 7.11 Å². The zero-order chi connectivity index (χ0) is 9.68. The molecule has 0 aliphatic carbocycles. The normalized spacial score (nSPS) is 11.5. The molecular weight excluding hydrogens is 202 g/mol. The van der Waals surface area contributed by atoms with Crippen molar-refractivity contribution in [1.29, 1.82) is 0 Å². The van der Waals surface area contributed by atoms with Gasteiger partial charge in [0.15, 0.2) is 11.5 Å². The van der Waals surface area contributed by atoms with Gasteiger partial charge >= 0.3 is 0 Å². The zero-order valence-electron chi connectivity index (χ0n) is 7.32. The Morgan fingerprint density at radius 1 is 1.54 bits per heavy atom. The van der Waals surface area contributed by atoms with Gasteiger partial charge in [0, 0.05) is 0 Å². The third-order valence-electron chi connectivity index (χ3n) is 1.58. The minimum atomic E-state index is 0.174. The fourth-order valence-corrected chi connectivity index (χ4v) is 1.52. The topological polar surface area (TPSA) is 29.5 Å². The molecule has 0 spiro atoms. The summed E-state index contributed by atoms with van der Waals surface area (Å²) < 4.78 is 4.98. The highest BCUT2D eigenvalue weighted by molar-refractivity contribution is 8.04. The van der Waals surface area contributed by atoms with Crippen LogP contribution in [0.1, 0.15) is 5.56 Å². The van der Waals surface area contributed by atoms with Crippen molar-refractivity contribution in [2.75, 3.05) is 7.11 Å². The van der Waals surface area contributed by atoms with Gasteiger partial charge in [-0.3, -0.25) is 0 Å². The highest BCUT2D eigenvalue weighted by Gasteiger charge is 1.99. The van der Waals surface area contributed by atoms with Crippen molar-refractivity contribution in [2.24, 2.45) is 0 Å². The van der Waals surface area contributed by atoms with E-state index < -0.39 is 0 Å². The van der Waals surface area contributed by atoms with E-state index in [2.05, 4.69) is 14.7 Å². The molecule has 0 fully saturated rings. The highest BCUT2D eigenvalue weighted by Crippen LogP contribution is 2.28. The Morgan fingerprint density at radius 2 is 2.31 bits per heavy atom. The van der Waals surface area contributed by atoms with Crippen molar-refractivity contribution in [1.82, 2.24) is 0 Å². The van der Waals surface area contributed by atoms with Crippen molar-refractivity contribution in [3.05, 3.63) is 29.6 Å². The molecule has 0 bridgehead atoms. The first kappa shape index (κ1) is 10.5. The summed E-state index contributed by atoms with van der Waals surface area (Å²) in [5.74, 6) is 2.73. The molecule has 1 aromatic rings. The van der Waals surface area contributed by atoms with Gasteiger partial charge in [-0.1, -0.05) is 26.2 Å². The van der Waals surface area contributed by atoms with E-state index in [0.717, 1.165) is 5.56 Å². The zero-order valence-corrected chi connectivity index (χ0v) is 9.47. The van der Waals surface area contributed by atoms with Crippen LogP contribution in [0.15, 0.2) is 24.0 Å². The molecule has 2 atom stereocenters. The first-order chi connectivity index (χ1) is 6.27. The van der Waals surface area contributed by atoms with E-state index in [1.165, 1.54) is 0 Å². The van der Waals surface area contributed by atoms with E-state index in [1.54, 1.807) is 19.2 Å². The number of hydrogen-bond donors (Lipinski definition) is 1. The summed E-state index contributed by atoms with van der Waals surface area (Å²) in [6.07, 6.45) is 1.99. The van der Waals surface area contributed by atoms with Gasteiger partial charge in [0.2, 0.25) is 0 Å². The minimum Gasteiger partial charge on any atom is -0.504 e. The van der Waals surface area contributed by atoms with E-state index in [1.807, 2.05) is 12.1 Å². The number of phenolic OH excluding ortho intramolecular Hbond substituents is 1. The first-order valence-corrected chi connectivity index (χ1v) is 6.66. The third kappa shape index (κ3) is 2.99. The summed E-state index contributed by atoms with van der Waals surface area (Å²) in [5, 5.41) is 9.31. The average molecular weight is 214 g/mol. The van der Waals surface area contributed by atoms with Crippen molar-refractivity contribution < 1.29 is 9.84 Å². The number of aromatic hydroxyl groups is 1. The summed E-state index contributed by atoms with van der Waals surface area (Å²) in [4.78, 5) is 0. The lowest BCUT2D eigenvalue weighted by Crippen LogP contribution is -1.83. The maximum absolute atomic E-state index is 9.31. The minimum absolute atomic E-state index is 0.174. The number of rotatable bonds is 3. The number of benzene rings is 1. The number of phenols is 1. The van der Waals surface area contributed by atoms with Gasteiger partial charge < -0.3 is 9.84 Å². The molecular formula is C9H12O2P2. The van der Waals surface area contributed by atoms with Crippen molar-refractivity contribution >= 4 is 23.3 Å². The summed E-state index contributed by atoms with van der Waals surface area (Å²) in [7, 11) is 4.90. The lowest BCUT2D eigenvalue weighted by molar-refractivity contribution is 0.373. The van der Waals surface area contributed by atoms with Crippen molar-refractivity contribution in [2.45, 2.75) is 0 Å². The van der Waals surface area contributed by atoms with E-state index in [9.17, 15) is 5.11 Å². The summed E-state index contributed by atoms with van der Waals surface area (Å²) in [6.45, 7) is 0. The van der Waals surface area contributed by atoms with Crippen molar-refractivity contribution in [3.8, 4) is 11.5 Å². The molecule has 13 heavy (non-hydrogen) atoms. The van der Waals surface area contributed by atoms with Gasteiger partial charge in [-0.2, -0.15) is 0 Å². The summed E-state index contributed by atoms with van der Waals surface area (Å²) >= 11 is 0. The molecule has 0 aliphatic heterocycles. The average Bonchev–Trinajstić information content (AvgIpc) is 2.16. The predicted molar refractivity (Wildman–Crippen MR) is 61.7 cm³/mol. The third-order valence-corrected chi connectivity index (χ3v) is 2.51. The van der Waals surface area contributed by atoms with Crippen LogP contribution in [-0.2, 0) is 0 Å². The Bertz CT molecular complexity index is 310. The number of ether oxygens (including phenoxy) is 1. The largest absolute Gasteiger partial charge is 0.504 e. The maximum Gasteiger partial charge on any atom is 0.161 e. The molecule has 0 aliphatic rings. The number of methoxy groups -OCH3 is 1. The molecule has 0 saturated heterocycles. The Morgan fingerprint density at radius 3 is 2.92 bits per heavy atom. The van der Waals surface area contributed by atoms with Gasteiger partial charge in [0.25, 0.3) is 0 Å². The second-order valence-electron chi connectivity index (χ2n) is 2.43. The lowest BCUT2D eigenvalue weighted by atomic mass is 10.2. The molecule has 0 amide bonds. The van der Waals surface area contributed by atoms with Crippen LogP contribution < -0.4 is 4.74 Å².